The van der Waals surface area contributed by atoms with Gasteiger partial charge < -0.3 is 14.8 Å². The van der Waals surface area contributed by atoms with Crippen molar-refractivity contribution in [2.75, 3.05) is 20.3 Å². The lowest BCUT2D eigenvalue weighted by atomic mass is 10.0. The van der Waals surface area contributed by atoms with Crippen molar-refractivity contribution >= 4 is 17.5 Å². The molecule has 1 aromatic rings. The standard InChI is InChI=1S/C16H24ClNO3/c1-10(2)13-7-14(17)11(3)6-15(13)21-9-16(19)18-12(4)8-20-5/h6-7,10,12H,8-9H2,1-5H3,(H,18,19)/t12-/m1/s1. The van der Waals surface area contributed by atoms with E-state index in [1.165, 1.54) is 0 Å². The molecule has 0 aliphatic rings. The minimum absolute atomic E-state index is 0.0190. The van der Waals surface area contributed by atoms with Crippen LogP contribution in [0.4, 0.5) is 0 Å². The van der Waals surface area contributed by atoms with E-state index < -0.39 is 0 Å². The zero-order valence-corrected chi connectivity index (χ0v) is 14.1. The average Bonchev–Trinajstić information content (AvgIpc) is 2.39. The van der Waals surface area contributed by atoms with Crippen LogP contribution in [0.25, 0.3) is 0 Å². The lowest BCUT2D eigenvalue weighted by Gasteiger charge is -2.17. The number of benzene rings is 1. The summed E-state index contributed by atoms with van der Waals surface area (Å²) in [6, 6.07) is 3.74. The molecule has 21 heavy (non-hydrogen) atoms. The molecule has 0 aromatic heterocycles. The molecule has 0 heterocycles. The summed E-state index contributed by atoms with van der Waals surface area (Å²) < 4.78 is 10.6. The molecule has 1 amide bonds. The van der Waals surface area contributed by atoms with Gasteiger partial charge >= 0.3 is 0 Å². The Bertz CT molecular complexity index is 489. The Labute approximate surface area is 131 Å². The topological polar surface area (TPSA) is 47.6 Å². The number of amides is 1. The predicted octanol–water partition coefficient (Wildman–Crippen LogP) is 3.30. The van der Waals surface area contributed by atoms with Crippen molar-refractivity contribution in [3.63, 3.8) is 0 Å². The normalized spacial score (nSPS) is 12.3. The number of hydrogen-bond donors (Lipinski definition) is 1. The van der Waals surface area contributed by atoms with Crippen LogP contribution in [0.2, 0.25) is 5.02 Å². The summed E-state index contributed by atoms with van der Waals surface area (Å²) in [5, 5.41) is 3.52. The van der Waals surface area contributed by atoms with Crippen LogP contribution in [0.15, 0.2) is 12.1 Å². The van der Waals surface area contributed by atoms with E-state index in [1.54, 1.807) is 7.11 Å². The Morgan fingerprint density at radius 1 is 1.33 bits per heavy atom. The molecule has 1 N–H and O–H groups in total. The molecule has 1 rings (SSSR count). The molecule has 0 saturated carbocycles. The Balaban J connectivity index is 2.70. The first kappa shape index (κ1) is 17.8. The van der Waals surface area contributed by atoms with E-state index >= 15 is 0 Å². The van der Waals surface area contributed by atoms with E-state index in [0.29, 0.717) is 17.4 Å². The van der Waals surface area contributed by atoms with E-state index in [1.807, 2.05) is 26.0 Å². The number of carbonyl (C=O) groups excluding carboxylic acids is 1. The molecule has 0 saturated heterocycles. The predicted molar refractivity (Wildman–Crippen MR) is 85.3 cm³/mol. The van der Waals surface area contributed by atoms with Gasteiger partial charge in [-0.3, -0.25) is 4.79 Å². The van der Waals surface area contributed by atoms with Crippen LogP contribution in [0.3, 0.4) is 0 Å². The molecule has 0 bridgehead atoms. The molecule has 0 aliphatic heterocycles. The molecule has 0 aliphatic carbocycles. The highest BCUT2D eigenvalue weighted by Gasteiger charge is 2.13. The molecule has 0 fully saturated rings. The lowest BCUT2D eigenvalue weighted by Crippen LogP contribution is -2.38. The van der Waals surface area contributed by atoms with Crippen molar-refractivity contribution in [3.05, 3.63) is 28.3 Å². The quantitative estimate of drug-likeness (QED) is 0.840. The highest BCUT2D eigenvalue weighted by molar-refractivity contribution is 6.31. The van der Waals surface area contributed by atoms with Gasteiger partial charge in [0.05, 0.1) is 6.61 Å². The highest BCUT2D eigenvalue weighted by atomic mass is 35.5. The SMILES string of the molecule is COC[C@@H](C)NC(=O)COc1cc(C)c(Cl)cc1C(C)C. The fraction of sp³-hybridized carbons (Fsp3) is 0.562. The number of aryl methyl sites for hydroxylation is 1. The van der Waals surface area contributed by atoms with Gasteiger partial charge in [0.15, 0.2) is 6.61 Å². The molecular weight excluding hydrogens is 290 g/mol. The first-order valence-electron chi connectivity index (χ1n) is 7.06. The number of halogens is 1. The van der Waals surface area contributed by atoms with E-state index in [9.17, 15) is 4.79 Å². The van der Waals surface area contributed by atoms with E-state index in [2.05, 4.69) is 19.2 Å². The summed E-state index contributed by atoms with van der Waals surface area (Å²) in [6.07, 6.45) is 0. The minimum atomic E-state index is -0.165. The maximum absolute atomic E-state index is 11.8. The van der Waals surface area contributed by atoms with Gasteiger partial charge in [-0.25, -0.2) is 0 Å². The summed E-state index contributed by atoms with van der Waals surface area (Å²) in [7, 11) is 1.60. The number of nitrogens with one attached hydrogen (secondary N) is 1. The highest BCUT2D eigenvalue weighted by Crippen LogP contribution is 2.31. The van der Waals surface area contributed by atoms with Gasteiger partial charge in [0, 0.05) is 18.2 Å². The van der Waals surface area contributed by atoms with E-state index in [0.717, 1.165) is 11.1 Å². The van der Waals surface area contributed by atoms with Crippen molar-refractivity contribution < 1.29 is 14.3 Å². The first-order valence-corrected chi connectivity index (χ1v) is 7.44. The molecular formula is C16H24ClNO3. The number of rotatable bonds is 7. The number of hydrogen-bond acceptors (Lipinski definition) is 3. The fourth-order valence-electron chi connectivity index (χ4n) is 2.00. The van der Waals surface area contributed by atoms with Crippen LogP contribution in [-0.2, 0) is 9.53 Å². The van der Waals surface area contributed by atoms with Crippen LogP contribution in [0, 0.1) is 6.92 Å². The Morgan fingerprint density at radius 2 is 2.00 bits per heavy atom. The lowest BCUT2D eigenvalue weighted by molar-refractivity contribution is -0.124. The van der Waals surface area contributed by atoms with Crippen LogP contribution in [0.1, 0.15) is 37.8 Å². The van der Waals surface area contributed by atoms with Gasteiger partial charge in [-0.2, -0.15) is 0 Å². The Morgan fingerprint density at radius 3 is 2.57 bits per heavy atom. The third kappa shape index (κ3) is 5.56. The molecule has 0 spiro atoms. The molecule has 0 unspecified atom stereocenters. The maximum atomic E-state index is 11.8. The van der Waals surface area contributed by atoms with E-state index in [4.69, 9.17) is 21.1 Å². The molecule has 118 valence electrons. The van der Waals surface area contributed by atoms with Gasteiger partial charge in [-0.15, -0.1) is 0 Å². The Kier molecular flexibility index (Phi) is 6.99. The van der Waals surface area contributed by atoms with E-state index in [-0.39, 0.29) is 24.5 Å². The summed E-state index contributed by atoms with van der Waals surface area (Å²) in [4.78, 5) is 11.8. The molecule has 1 atom stereocenters. The van der Waals surface area contributed by atoms with Crippen molar-refractivity contribution in [3.8, 4) is 5.75 Å². The van der Waals surface area contributed by atoms with Crippen LogP contribution < -0.4 is 10.1 Å². The minimum Gasteiger partial charge on any atom is -0.483 e. The number of ether oxygens (including phenoxy) is 2. The second-order valence-electron chi connectivity index (χ2n) is 5.51. The third-order valence-electron chi connectivity index (χ3n) is 3.10. The van der Waals surface area contributed by atoms with Crippen LogP contribution >= 0.6 is 11.6 Å². The van der Waals surface area contributed by atoms with Gasteiger partial charge in [-0.05, 0) is 43.0 Å². The largest absolute Gasteiger partial charge is 0.483 e. The second-order valence-corrected chi connectivity index (χ2v) is 5.91. The number of carbonyl (C=O) groups is 1. The fourth-order valence-corrected chi connectivity index (χ4v) is 2.17. The summed E-state index contributed by atoms with van der Waals surface area (Å²) in [5.74, 6) is 0.817. The summed E-state index contributed by atoms with van der Waals surface area (Å²) in [6.45, 7) is 8.38. The average molecular weight is 314 g/mol. The van der Waals surface area contributed by atoms with Gasteiger partial charge in [-0.1, -0.05) is 25.4 Å². The second kappa shape index (κ2) is 8.25. The first-order chi connectivity index (χ1) is 9.85. The van der Waals surface area contributed by atoms with Crippen molar-refractivity contribution in [1.29, 1.82) is 0 Å². The van der Waals surface area contributed by atoms with Crippen molar-refractivity contribution in [1.82, 2.24) is 5.32 Å². The summed E-state index contributed by atoms with van der Waals surface area (Å²) in [5.41, 5.74) is 1.94. The van der Waals surface area contributed by atoms with Gasteiger partial charge in [0.2, 0.25) is 0 Å². The molecule has 5 heteroatoms. The van der Waals surface area contributed by atoms with Crippen LogP contribution in [-0.4, -0.2) is 32.3 Å². The van der Waals surface area contributed by atoms with Gasteiger partial charge in [0.25, 0.3) is 5.91 Å². The van der Waals surface area contributed by atoms with Crippen molar-refractivity contribution in [2.24, 2.45) is 0 Å². The third-order valence-corrected chi connectivity index (χ3v) is 3.50. The number of methoxy groups -OCH3 is 1. The zero-order chi connectivity index (χ0) is 16.0. The van der Waals surface area contributed by atoms with Gasteiger partial charge in [0.1, 0.15) is 5.75 Å². The molecule has 0 radical (unpaired) electrons. The Hall–Kier alpha value is -1.26. The molecule has 4 nitrogen and oxygen atoms in total. The van der Waals surface area contributed by atoms with Crippen LogP contribution in [0.5, 0.6) is 5.75 Å². The zero-order valence-electron chi connectivity index (χ0n) is 13.3. The summed E-state index contributed by atoms with van der Waals surface area (Å²) >= 11 is 6.15. The monoisotopic (exact) mass is 313 g/mol. The maximum Gasteiger partial charge on any atom is 0.258 e. The smallest absolute Gasteiger partial charge is 0.258 e. The molecule has 1 aromatic carbocycles. The van der Waals surface area contributed by atoms with Crippen molar-refractivity contribution in [2.45, 2.75) is 39.7 Å².